The summed E-state index contributed by atoms with van der Waals surface area (Å²) < 4.78 is 11.0. The Labute approximate surface area is 193 Å². The zero-order valence-electron chi connectivity index (χ0n) is 18.5. The number of nitrogens with one attached hydrogen (secondary N) is 2. The van der Waals surface area contributed by atoms with Crippen LogP contribution in [0.4, 0.5) is 0 Å². The van der Waals surface area contributed by atoms with E-state index in [-0.39, 0.29) is 5.91 Å². The predicted octanol–water partition coefficient (Wildman–Crippen LogP) is 4.36. The number of methoxy groups -OCH3 is 1. The number of carbonyl (C=O) groups excluding carboxylic acids is 2. The lowest BCUT2D eigenvalue weighted by Crippen LogP contribution is -2.31. The molecule has 3 N–H and O–H groups in total. The van der Waals surface area contributed by atoms with Gasteiger partial charge in [0.25, 0.3) is 5.91 Å². The maximum atomic E-state index is 12.4. The van der Waals surface area contributed by atoms with E-state index in [4.69, 9.17) is 14.7 Å². The first-order valence-corrected chi connectivity index (χ1v) is 10.8. The lowest BCUT2D eigenvalue weighted by molar-refractivity contribution is -0.133. The van der Waals surface area contributed by atoms with Gasteiger partial charge in [0.15, 0.2) is 0 Å². The van der Waals surface area contributed by atoms with Gasteiger partial charge < -0.3 is 14.8 Å². The fourth-order valence-corrected chi connectivity index (χ4v) is 3.45. The molecular formula is C26H28N2O5. The second kappa shape index (κ2) is 12.3. The lowest BCUT2D eigenvalue weighted by Gasteiger charge is -2.15. The summed E-state index contributed by atoms with van der Waals surface area (Å²) in [4.78, 5) is 24.5. The van der Waals surface area contributed by atoms with Crippen LogP contribution < -0.4 is 20.3 Å². The molecule has 0 aliphatic heterocycles. The number of hydroxylamine groups is 1. The number of benzene rings is 3. The van der Waals surface area contributed by atoms with Crippen LogP contribution in [0, 0.1) is 5.92 Å². The molecule has 0 bridgehead atoms. The summed E-state index contributed by atoms with van der Waals surface area (Å²) in [6.07, 6.45) is 1.55. The van der Waals surface area contributed by atoms with E-state index in [0.717, 1.165) is 11.3 Å². The number of ether oxygens (including phenoxy) is 2. The standard InChI is InChI=1S/C26H28N2O5/c1-32-24-11-5-7-19(18-24)17-21(26(30)28-31)8-6-16-27-25(29)20-12-14-23(15-13-20)33-22-9-3-2-4-10-22/h2-5,7,9-15,18,21,31H,6,8,16-17H2,1H3,(H,27,29)(H,28,30). The van der Waals surface area contributed by atoms with Gasteiger partial charge in [-0.05, 0) is 73.4 Å². The van der Waals surface area contributed by atoms with E-state index in [2.05, 4.69) is 5.32 Å². The van der Waals surface area contributed by atoms with E-state index in [9.17, 15) is 9.59 Å². The van der Waals surface area contributed by atoms with Gasteiger partial charge in [-0.1, -0.05) is 30.3 Å². The number of para-hydroxylation sites is 1. The zero-order chi connectivity index (χ0) is 23.5. The van der Waals surface area contributed by atoms with Gasteiger partial charge in [-0.2, -0.15) is 0 Å². The van der Waals surface area contributed by atoms with Crippen LogP contribution in [0.1, 0.15) is 28.8 Å². The fourth-order valence-electron chi connectivity index (χ4n) is 3.45. The molecule has 0 aliphatic carbocycles. The highest BCUT2D eigenvalue weighted by atomic mass is 16.5. The minimum Gasteiger partial charge on any atom is -0.497 e. The SMILES string of the molecule is COc1cccc(CC(CCCNC(=O)c2ccc(Oc3ccccc3)cc2)C(=O)NO)c1. The van der Waals surface area contributed by atoms with E-state index >= 15 is 0 Å². The third-order valence-corrected chi connectivity index (χ3v) is 5.21. The third-order valence-electron chi connectivity index (χ3n) is 5.21. The first-order chi connectivity index (χ1) is 16.1. The molecule has 0 spiro atoms. The molecule has 0 fully saturated rings. The summed E-state index contributed by atoms with van der Waals surface area (Å²) in [5.41, 5.74) is 3.20. The molecule has 1 atom stereocenters. The molecule has 0 saturated carbocycles. The molecule has 2 amide bonds. The highest BCUT2D eigenvalue weighted by Crippen LogP contribution is 2.21. The van der Waals surface area contributed by atoms with E-state index in [1.807, 2.05) is 54.6 Å². The normalized spacial score (nSPS) is 11.3. The largest absolute Gasteiger partial charge is 0.497 e. The van der Waals surface area contributed by atoms with E-state index < -0.39 is 11.8 Å². The molecule has 172 valence electrons. The number of carbonyl (C=O) groups is 2. The lowest BCUT2D eigenvalue weighted by atomic mass is 9.94. The average Bonchev–Trinajstić information content (AvgIpc) is 2.86. The molecule has 3 aromatic carbocycles. The zero-order valence-corrected chi connectivity index (χ0v) is 18.5. The van der Waals surface area contributed by atoms with Crippen LogP contribution in [-0.4, -0.2) is 30.7 Å². The maximum absolute atomic E-state index is 12.4. The second-order valence-electron chi connectivity index (χ2n) is 7.57. The summed E-state index contributed by atoms with van der Waals surface area (Å²) in [6.45, 7) is 0.411. The van der Waals surface area contributed by atoms with Gasteiger partial charge >= 0.3 is 0 Å². The Morgan fingerprint density at radius 3 is 2.30 bits per heavy atom. The summed E-state index contributed by atoms with van der Waals surface area (Å²) in [6, 6.07) is 23.8. The smallest absolute Gasteiger partial charge is 0.251 e. The molecule has 0 heterocycles. The monoisotopic (exact) mass is 448 g/mol. The summed E-state index contributed by atoms with van der Waals surface area (Å²) in [7, 11) is 1.59. The van der Waals surface area contributed by atoms with Crippen molar-refractivity contribution in [3.8, 4) is 17.2 Å². The van der Waals surface area contributed by atoms with Gasteiger partial charge in [-0.25, -0.2) is 5.48 Å². The van der Waals surface area contributed by atoms with Crippen molar-refractivity contribution in [1.82, 2.24) is 10.8 Å². The molecule has 0 radical (unpaired) electrons. The van der Waals surface area contributed by atoms with E-state index in [1.165, 1.54) is 0 Å². The van der Waals surface area contributed by atoms with Crippen molar-refractivity contribution in [1.29, 1.82) is 0 Å². The Morgan fingerprint density at radius 1 is 0.909 bits per heavy atom. The molecule has 1 unspecified atom stereocenters. The Bertz CT molecular complexity index is 1040. The summed E-state index contributed by atoms with van der Waals surface area (Å²) >= 11 is 0. The van der Waals surface area contributed by atoms with E-state index in [0.29, 0.717) is 42.9 Å². The molecule has 3 rings (SSSR count). The third kappa shape index (κ3) is 7.36. The van der Waals surface area contributed by atoms with Crippen molar-refractivity contribution in [2.45, 2.75) is 19.3 Å². The number of hydrogen-bond acceptors (Lipinski definition) is 5. The topological polar surface area (TPSA) is 96.9 Å². The van der Waals surface area contributed by atoms with Gasteiger partial charge in [0.1, 0.15) is 17.2 Å². The first-order valence-electron chi connectivity index (χ1n) is 10.8. The van der Waals surface area contributed by atoms with Crippen LogP contribution >= 0.6 is 0 Å². The van der Waals surface area contributed by atoms with Crippen LogP contribution in [0.15, 0.2) is 78.9 Å². The van der Waals surface area contributed by atoms with Gasteiger partial charge in [-0.15, -0.1) is 0 Å². The molecule has 0 aromatic heterocycles. The summed E-state index contributed by atoms with van der Waals surface area (Å²) in [5, 5.41) is 12.0. The van der Waals surface area contributed by atoms with Gasteiger partial charge in [0.05, 0.1) is 7.11 Å². The van der Waals surface area contributed by atoms with Crippen molar-refractivity contribution in [3.63, 3.8) is 0 Å². The number of hydrogen-bond donors (Lipinski definition) is 3. The number of amides is 2. The van der Waals surface area contributed by atoms with Crippen LogP contribution in [0.25, 0.3) is 0 Å². The molecule has 7 heteroatoms. The molecule has 3 aromatic rings. The maximum Gasteiger partial charge on any atom is 0.251 e. The van der Waals surface area contributed by atoms with E-state index in [1.54, 1.807) is 36.9 Å². The second-order valence-corrected chi connectivity index (χ2v) is 7.57. The highest BCUT2D eigenvalue weighted by Gasteiger charge is 2.19. The van der Waals surface area contributed by atoms with Gasteiger partial charge in [-0.3, -0.25) is 14.8 Å². The fraction of sp³-hybridized carbons (Fsp3) is 0.231. The van der Waals surface area contributed by atoms with Crippen LogP contribution in [0.2, 0.25) is 0 Å². The molecule has 33 heavy (non-hydrogen) atoms. The van der Waals surface area contributed by atoms with Crippen molar-refractivity contribution < 1.29 is 24.3 Å². The van der Waals surface area contributed by atoms with Crippen molar-refractivity contribution >= 4 is 11.8 Å². The van der Waals surface area contributed by atoms with Gasteiger partial charge in [0, 0.05) is 18.0 Å². The minimum atomic E-state index is -0.446. The minimum absolute atomic E-state index is 0.197. The Morgan fingerprint density at radius 2 is 1.61 bits per heavy atom. The quantitative estimate of drug-likeness (QED) is 0.230. The Balaban J connectivity index is 1.47. The van der Waals surface area contributed by atoms with Crippen LogP contribution in [-0.2, 0) is 11.2 Å². The average molecular weight is 449 g/mol. The Hall–Kier alpha value is -3.84. The molecular weight excluding hydrogens is 420 g/mol. The predicted molar refractivity (Wildman–Crippen MR) is 125 cm³/mol. The Kier molecular flexibility index (Phi) is 8.85. The van der Waals surface area contributed by atoms with Crippen molar-refractivity contribution in [2.24, 2.45) is 5.92 Å². The number of rotatable bonds is 11. The van der Waals surface area contributed by atoms with Gasteiger partial charge in [0.2, 0.25) is 5.91 Å². The van der Waals surface area contributed by atoms with Crippen molar-refractivity contribution in [2.75, 3.05) is 13.7 Å². The molecule has 7 nitrogen and oxygen atoms in total. The van der Waals surface area contributed by atoms with Crippen LogP contribution in [0.3, 0.4) is 0 Å². The first kappa shape index (κ1) is 23.8. The molecule has 0 saturated heterocycles. The summed E-state index contributed by atoms with van der Waals surface area (Å²) in [5.74, 6) is 1.02. The van der Waals surface area contributed by atoms with Crippen LogP contribution in [0.5, 0.6) is 17.2 Å². The highest BCUT2D eigenvalue weighted by molar-refractivity contribution is 5.94. The molecule has 0 aliphatic rings. The van der Waals surface area contributed by atoms with Crippen molar-refractivity contribution in [3.05, 3.63) is 90.0 Å².